The lowest BCUT2D eigenvalue weighted by molar-refractivity contribution is -0.137. The zero-order valence-corrected chi connectivity index (χ0v) is 18.2. The smallest absolute Gasteiger partial charge is 0.303 e. The average Bonchev–Trinajstić information content (AvgIpc) is 3.14. The standard InChI is InChI=1S/C26H31NO5/c28-24(20-9-8-12-23(19-20)32-22-10-4-3-5-11-22)16-14-21-15-17-25(29)27(21)18-7-2-1-6-13-26(30)31/h3-5,8-12,14,16,19,21,24,28H,1-2,6-7,13,15,17-18H2,(H,30,31)/t21?,24-/m1/s1. The number of aliphatic hydroxyl groups excluding tert-OH is 1. The number of hydrogen-bond donors (Lipinski definition) is 2. The zero-order chi connectivity index (χ0) is 22.8. The van der Waals surface area contributed by atoms with Crippen molar-refractivity contribution in [1.29, 1.82) is 0 Å². The van der Waals surface area contributed by atoms with Crippen LogP contribution in [0.5, 0.6) is 11.5 Å². The molecule has 3 rings (SSSR count). The molecule has 1 heterocycles. The van der Waals surface area contributed by atoms with Gasteiger partial charge in [0.25, 0.3) is 0 Å². The first-order valence-corrected chi connectivity index (χ1v) is 11.2. The van der Waals surface area contributed by atoms with Crippen LogP contribution in [0.15, 0.2) is 66.7 Å². The Bertz CT molecular complexity index is 911. The molecule has 0 radical (unpaired) electrons. The lowest BCUT2D eigenvalue weighted by Crippen LogP contribution is -2.32. The number of carboxylic acids is 1. The molecule has 0 aromatic heterocycles. The first-order valence-electron chi connectivity index (χ1n) is 11.2. The maximum atomic E-state index is 12.3. The summed E-state index contributed by atoms with van der Waals surface area (Å²) in [7, 11) is 0. The summed E-state index contributed by atoms with van der Waals surface area (Å²) < 4.78 is 5.84. The van der Waals surface area contributed by atoms with Gasteiger partial charge in [-0.3, -0.25) is 9.59 Å². The molecule has 1 aliphatic heterocycles. The largest absolute Gasteiger partial charge is 0.481 e. The van der Waals surface area contributed by atoms with E-state index in [2.05, 4.69) is 0 Å². The number of likely N-dealkylation sites (tertiary alicyclic amines) is 1. The van der Waals surface area contributed by atoms with Gasteiger partial charge in [-0.05, 0) is 49.1 Å². The Kier molecular flexibility index (Phi) is 8.87. The molecule has 0 bridgehead atoms. The van der Waals surface area contributed by atoms with E-state index < -0.39 is 12.1 Å². The highest BCUT2D eigenvalue weighted by molar-refractivity contribution is 5.79. The van der Waals surface area contributed by atoms with Crippen LogP contribution in [-0.2, 0) is 9.59 Å². The third-order valence-electron chi connectivity index (χ3n) is 5.61. The van der Waals surface area contributed by atoms with E-state index in [9.17, 15) is 14.7 Å². The first kappa shape index (κ1) is 23.5. The molecule has 2 atom stereocenters. The van der Waals surface area contributed by atoms with Crippen molar-refractivity contribution in [2.45, 2.75) is 57.1 Å². The van der Waals surface area contributed by atoms with Crippen LogP contribution >= 0.6 is 0 Å². The predicted molar refractivity (Wildman–Crippen MR) is 123 cm³/mol. The SMILES string of the molecule is O=C(O)CCCCCCN1C(=O)CCC1C=C[C@@H](O)c1cccc(Oc2ccccc2)c1. The number of hydrogen-bond acceptors (Lipinski definition) is 4. The summed E-state index contributed by atoms with van der Waals surface area (Å²) in [4.78, 5) is 24.7. The van der Waals surface area contributed by atoms with Crippen molar-refractivity contribution >= 4 is 11.9 Å². The number of rotatable bonds is 12. The summed E-state index contributed by atoms with van der Waals surface area (Å²) in [6.45, 7) is 0.664. The van der Waals surface area contributed by atoms with E-state index in [0.717, 1.165) is 37.0 Å². The zero-order valence-electron chi connectivity index (χ0n) is 18.2. The molecule has 32 heavy (non-hydrogen) atoms. The van der Waals surface area contributed by atoms with Crippen molar-refractivity contribution in [3.8, 4) is 11.5 Å². The maximum absolute atomic E-state index is 12.3. The van der Waals surface area contributed by atoms with E-state index in [1.54, 1.807) is 6.08 Å². The van der Waals surface area contributed by atoms with Crippen molar-refractivity contribution in [1.82, 2.24) is 4.90 Å². The molecule has 1 saturated heterocycles. The number of carboxylic acid groups (broad SMARTS) is 1. The fourth-order valence-electron chi connectivity index (χ4n) is 3.89. The monoisotopic (exact) mass is 437 g/mol. The first-order chi connectivity index (χ1) is 15.5. The Morgan fingerprint density at radius 2 is 1.81 bits per heavy atom. The molecule has 6 heteroatoms. The fourth-order valence-corrected chi connectivity index (χ4v) is 3.89. The van der Waals surface area contributed by atoms with Gasteiger partial charge in [0, 0.05) is 19.4 Å². The van der Waals surface area contributed by atoms with Crippen LogP contribution in [0.3, 0.4) is 0 Å². The topological polar surface area (TPSA) is 87.1 Å². The molecule has 1 unspecified atom stereocenters. The molecule has 2 aromatic carbocycles. The van der Waals surface area contributed by atoms with Crippen molar-refractivity contribution in [2.75, 3.05) is 6.54 Å². The van der Waals surface area contributed by atoms with Crippen LogP contribution in [0, 0.1) is 0 Å². The molecule has 2 aromatic rings. The quantitative estimate of drug-likeness (QED) is 0.357. The number of para-hydroxylation sites is 1. The van der Waals surface area contributed by atoms with E-state index in [4.69, 9.17) is 9.84 Å². The Labute approximate surface area is 189 Å². The molecule has 6 nitrogen and oxygen atoms in total. The predicted octanol–water partition coefficient (Wildman–Crippen LogP) is 5.09. The van der Waals surface area contributed by atoms with Crippen molar-refractivity contribution in [3.63, 3.8) is 0 Å². The summed E-state index contributed by atoms with van der Waals surface area (Å²) in [5, 5.41) is 19.3. The van der Waals surface area contributed by atoms with E-state index in [1.807, 2.05) is 65.6 Å². The summed E-state index contributed by atoms with van der Waals surface area (Å²) in [6, 6.07) is 16.8. The maximum Gasteiger partial charge on any atom is 0.303 e. The minimum Gasteiger partial charge on any atom is -0.481 e. The number of nitrogens with zero attached hydrogens (tertiary/aromatic N) is 1. The molecule has 2 N–H and O–H groups in total. The van der Waals surface area contributed by atoms with Crippen LogP contribution in [0.2, 0.25) is 0 Å². The second kappa shape index (κ2) is 12.1. The van der Waals surface area contributed by atoms with Gasteiger partial charge < -0.3 is 19.8 Å². The van der Waals surface area contributed by atoms with Gasteiger partial charge in [-0.1, -0.05) is 55.3 Å². The van der Waals surface area contributed by atoms with E-state index in [1.165, 1.54) is 0 Å². The molecular weight excluding hydrogens is 406 g/mol. The number of amides is 1. The van der Waals surface area contributed by atoms with E-state index in [0.29, 0.717) is 25.1 Å². The highest BCUT2D eigenvalue weighted by Crippen LogP contribution is 2.26. The van der Waals surface area contributed by atoms with E-state index >= 15 is 0 Å². The molecule has 170 valence electrons. The third-order valence-corrected chi connectivity index (χ3v) is 5.61. The van der Waals surface area contributed by atoms with Gasteiger partial charge in [0.15, 0.2) is 0 Å². The molecule has 0 aliphatic carbocycles. The number of aliphatic carboxylic acids is 1. The van der Waals surface area contributed by atoms with Gasteiger partial charge in [-0.15, -0.1) is 0 Å². The van der Waals surface area contributed by atoms with Crippen LogP contribution in [0.25, 0.3) is 0 Å². The van der Waals surface area contributed by atoms with Crippen molar-refractivity contribution in [3.05, 3.63) is 72.3 Å². The summed E-state index contributed by atoms with van der Waals surface area (Å²) in [5.74, 6) is 0.762. The average molecular weight is 438 g/mol. The second-order valence-electron chi connectivity index (χ2n) is 8.07. The molecule has 0 spiro atoms. The van der Waals surface area contributed by atoms with Crippen molar-refractivity contribution < 1.29 is 24.5 Å². The number of ether oxygens (including phenoxy) is 1. The minimum absolute atomic E-state index is 0.0140. The van der Waals surface area contributed by atoms with Crippen LogP contribution < -0.4 is 4.74 Å². The third kappa shape index (κ3) is 7.24. The lowest BCUT2D eigenvalue weighted by Gasteiger charge is -2.22. The molecule has 0 saturated carbocycles. The highest BCUT2D eigenvalue weighted by atomic mass is 16.5. The van der Waals surface area contributed by atoms with Gasteiger partial charge in [0.1, 0.15) is 11.5 Å². The number of benzene rings is 2. The lowest BCUT2D eigenvalue weighted by atomic mass is 10.1. The Hall–Kier alpha value is -3.12. The Morgan fingerprint density at radius 3 is 2.59 bits per heavy atom. The fraction of sp³-hybridized carbons (Fsp3) is 0.385. The summed E-state index contributed by atoms with van der Waals surface area (Å²) in [5.41, 5.74) is 0.726. The number of aliphatic hydroxyl groups is 1. The van der Waals surface area contributed by atoms with E-state index in [-0.39, 0.29) is 18.4 Å². The Morgan fingerprint density at radius 1 is 1.06 bits per heavy atom. The second-order valence-corrected chi connectivity index (χ2v) is 8.07. The van der Waals surface area contributed by atoms with Gasteiger partial charge in [-0.2, -0.15) is 0 Å². The van der Waals surface area contributed by atoms with Gasteiger partial charge in [0.2, 0.25) is 5.91 Å². The number of unbranched alkanes of at least 4 members (excludes halogenated alkanes) is 3. The summed E-state index contributed by atoms with van der Waals surface area (Å²) in [6.07, 6.45) is 7.63. The van der Waals surface area contributed by atoms with Gasteiger partial charge in [0.05, 0.1) is 12.1 Å². The number of carbonyl (C=O) groups excluding carboxylic acids is 1. The van der Waals surface area contributed by atoms with Gasteiger partial charge >= 0.3 is 5.97 Å². The van der Waals surface area contributed by atoms with Gasteiger partial charge in [-0.25, -0.2) is 0 Å². The minimum atomic E-state index is -0.789. The molecular formula is C26H31NO5. The molecule has 1 aliphatic rings. The normalized spacial score (nSPS) is 17.1. The summed E-state index contributed by atoms with van der Waals surface area (Å²) >= 11 is 0. The molecule has 1 amide bonds. The molecule has 1 fully saturated rings. The number of carbonyl (C=O) groups is 2. The van der Waals surface area contributed by atoms with Crippen LogP contribution in [-0.4, -0.2) is 39.6 Å². The Balaban J connectivity index is 1.52. The van der Waals surface area contributed by atoms with Crippen molar-refractivity contribution in [2.24, 2.45) is 0 Å². The van der Waals surface area contributed by atoms with Crippen LogP contribution in [0.1, 0.15) is 56.6 Å². The highest BCUT2D eigenvalue weighted by Gasteiger charge is 2.28. The van der Waals surface area contributed by atoms with Crippen LogP contribution in [0.4, 0.5) is 0 Å².